The van der Waals surface area contributed by atoms with Crippen molar-refractivity contribution in [3.8, 4) is 0 Å². The zero-order valence-electron chi connectivity index (χ0n) is 20.5. The van der Waals surface area contributed by atoms with Crippen LogP contribution in [0, 0.1) is 0 Å². The van der Waals surface area contributed by atoms with Gasteiger partial charge < -0.3 is 14.4 Å². The molecule has 0 bridgehead atoms. The first kappa shape index (κ1) is 27.5. The Bertz CT molecular complexity index is 516. The van der Waals surface area contributed by atoms with Crippen LogP contribution in [0.2, 0.25) is 0 Å². The highest BCUT2D eigenvalue weighted by Crippen LogP contribution is 2.30. The van der Waals surface area contributed by atoms with Gasteiger partial charge in [0.15, 0.2) is 6.23 Å². The van der Waals surface area contributed by atoms with E-state index in [4.69, 9.17) is 9.47 Å². The highest BCUT2D eigenvalue weighted by atomic mass is 16.5. The van der Waals surface area contributed by atoms with Gasteiger partial charge in [0, 0.05) is 38.4 Å². The molecule has 1 aromatic rings. The summed E-state index contributed by atoms with van der Waals surface area (Å²) in [4.78, 5) is 2.14. The molecule has 1 aromatic carbocycles. The normalized spacial score (nSPS) is 18.1. The van der Waals surface area contributed by atoms with Gasteiger partial charge in [-0.1, -0.05) is 92.0 Å². The lowest BCUT2D eigenvalue weighted by Gasteiger charge is -2.22. The predicted octanol–water partition coefficient (Wildman–Crippen LogP) is 7.83. The van der Waals surface area contributed by atoms with E-state index in [0.717, 1.165) is 38.2 Å². The maximum atomic E-state index is 5.96. The van der Waals surface area contributed by atoms with Crippen molar-refractivity contribution in [2.24, 2.45) is 0 Å². The van der Waals surface area contributed by atoms with Gasteiger partial charge in [0.25, 0.3) is 0 Å². The monoisotopic (exact) mass is 405 g/mol. The summed E-state index contributed by atoms with van der Waals surface area (Å²) in [6, 6.07) is 8.86. The summed E-state index contributed by atoms with van der Waals surface area (Å²) < 4.78 is 11.4. The molecule has 0 aromatic heterocycles. The molecule has 168 valence electrons. The van der Waals surface area contributed by atoms with E-state index >= 15 is 0 Å². The fourth-order valence-corrected chi connectivity index (χ4v) is 2.99. The van der Waals surface area contributed by atoms with Crippen molar-refractivity contribution in [3.63, 3.8) is 0 Å². The number of unbranched alkanes of at least 4 members (excludes halogenated alkanes) is 1. The van der Waals surface area contributed by atoms with Crippen LogP contribution in [0.5, 0.6) is 0 Å². The molecule has 3 rings (SSSR count). The molecule has 0 spiro atoms. The smallest absolute Gasteiger partial charge is 0.171 e. The number of hydrogen-bond donors (Lipinski definition) is 0. The topological polar surface area (TPSA) is 21.7 Å². The molecule has 1 atom stereocenters. The average Bonchev–Trinajstić information content (AvgIpc) is 3.17. The number of benzene rings is 1. The number of rotatable bonds is 4. The van der Waals surface area contributed by atoms with E-state index in [0.29, 0.717) is 5.92 Å². The number of nitrogens with zero attached hydrogens (tertiary/aromatic N) is 1. The maximum absolute atomic E-state index is 5.96. The first-order chi connectivity index (χ1) is 14.1. The standard InChI is InChI=1S/C17H23NO2.C4H10.C3H8.C2H6/c1-3-17-18(2)12-16(20-17)15-6-4-13(5-7-15)14-8-10-19-11-9-14;1-3-4-2;1-3-2;1-2/h4-7,12,14,17H,3,8-11H2,1-2H3;3-4H2,1-2H3;3H2,1-2H3;1-2H3. The zero-order valence-corrected chi connectivity index (χ0v) is 20.5. The van der Waals surface area contributed by atoms with Crippen LogP contribution in [0.25, 0.3) is 5.76 Å². The van der Waals surface area contributed by atoms with Gasteiger partial charge in [-0.3, -0.25) is 0 Å². The Morgan fingerprint density at radius 1 is 0.897 bits per heavy atom. The third kappa shape index (κ3) is 10.2. The second-order valence-corrected chi connectivity index (χ2v) is 7.36. The lowest BCUT2D eigenvalue weighted by Crippen LogP contribution is -2.22. The molecular weight excluding hydrogens is 358 g/mol. The van der Waals surface area contributed by atoms with Crippen molar-refractivity contribution in [2.75, 3.05) is 20.3 Å². The lowest BCUT2D eigenvalue weighted by molar-refractivity contribution is 0.0819. The van der Waals surface area contributed by atoms with Crippen molar-refractivity contribution in [3.05, 3.63) is 41.6 Å². The van der Waals surface area contributed by atoms with Crippen LogP contribution in [-0.4, -0.2) is 31.4 Å². The Balaban J connectivity index is 0.000000750. The molecule has 2 aliphatic rings. The third-order valence-corrected chi connectivity index (χ3v) is 4.78. The van der Waals surface area contributed by atoms with Gasteiger partial charge in [-0.25, -0.2) is 0 Å². The Morgan fingerprint density at radius 3 is 1.83 bits per heavy atom. The minimum absolute atomic E-state index is 0.181. The summed E-state index contributed by atoms with van der Waals surface area (Å²) in [7, 11) is 2.07. The first-order valence-electron chi connectivity index (χ1n) is 11.9. The quantitative estimate of drug-likeness (QED) is 0.509. The summed E-state index contributed by atoms with van der Waals surface area (Å²) in [6.07, 6.45) is 9.44. The van der Waals surface area contributed by atoms with Gasteiger partial charge in [0.1, 0.15) is 5.76 Å². The Labute approximate surface area is 181 Å². The Hall–Kier alpha value is -1.48. The van der Waals surface area contributed by atoms with Crippen LogP contribution >= 0.6 is 0 Å². The third-order valence-electron chi connectivity index (χ3n) is 4.78. The van der Waals surface area contributed by atoms with Crippen LogP contribution in [0.1, 0.15) is 104 Å². The van der Waals surface area contributed by atoms with Crippen molar-refractivity contribution in [2.45, 2.75) is 99.1 Å². The fourth-order valence-electron chi connectivity index (χ4n) is 2.99. The SMILES string of the molecule is CC.CCC.CCC1OC(c2ccc(C3CCOCC3)cc2)=CN1C.CCCC. The van der Waals surface area contributed by atoms with Gasteiger partial charge in [0.2, 0.25) is 0 Å². The largest absolute Gasteiger partial charge is 0.468 e. The molecule has 0 N–H and O–H groups in total. The van der Waals surface area contributed by atoms with Gasteiger partial charge in [-0.05, 0) is 24.3 Å². The van der Waals surface area contributed by atoms with Crippen LogP contribution in [0.4, 0.5) is 0 Å². The van der Waals surface area contributed by atoms with Crippen molar-refractivity contribution in [1.82, 2.24) is 4.90 Å². The molecule has 2 heterocycles. The number of hydrogen-bond acceptors (Lipinski definition) is 3. The molecule has 1 saturated heterocycles. The van der Waals surface area contributed by atoms with E-state index in [1.165, 1.54) is 30.4 Å². The molecule has 2 aliphatic heterocycles. The summed E-state index contributed by atoms with van der Waals surface area (Å²) in [6.45, 7) is 16.5. The molecule has 1 unspecified atom stereocenters. The molecule has 0 amide bonds. The van der Waals surface area contributed by atoms with Crippen LogP contribution in [0.3, 0.4) is 0 Å². The highest BCUT2D eigenvalue weighted by Gasteiger charge is 2.22. The molecule has 0 saturated carbocycles. The van der Waals surface area contributed by atoms with E-state index in [1.807, 2.05) is 13.8 Å². The molecule has 3 nitrogen and oxygen atoms in total. The van der Waals surface area contributed by atoms with E-state index in [9.17, 15) is 0 Å². The molecule has 0 radical (unpaired) electrons. The minimum Gasteiger partial charge on any atom is -0.468 e. The van der Waals surface area contributed by atoms with E-state index < -0.39 is 0 Å². The second-order valence-electron chi connectivity index (χ2n) is 7.36. The van der Waals surface area contributed by atoms with Crippen molar-refractivity contribution < 1.29 is 9.47 Å². The van der Waals surface area contributed by atoms with Crippen LogP contribution in [-0.2, 0) is 9.47 Å². The van der Waals surface area contributed by atoms with Crippen LogP contribution in [0.15, 0.2) is 30.5 Å². The highest BCUT2D eigenvalue weighted by molar-refractivity contribution is 5.61. The van der Waals surface area contributed by atoms with Gasteiger partial charge in [-0.2, -0.15) is 0 Å². The molecular formula is C26H47NO2. The molecule has 29 heavy (non-hydrogen) atoms. The molecule has 1 fully saturated rings. The maximum Gasteiger partial charge on any atom is 0.171 e. The summed E-state index contributed by atoms with van der Waals surface area (Å²) in [5.41, 5.74) is 2.60. The summed E-state index contributed by atoms with van der Waals surface area (Å²) in [5.74, 6) is 1.64. The summed E-state index contributed by atoms with van der Waals surface area (Å²) >= 11 is 0. The van der Waals surface area contributed by atoms with E-state index in [-0.39, 0.29) is 6.23 Å². The minimum atomic E-state index is 0.181. The fraction of sp³-hybridized carbons (Fsp3) is 0.692. The van der Waals surface area contributed by atoms with Crippen molar-refractivity contribution in [1.29, 1.82) is 0 Å². The van der Waals surface area contributed by atoms with Gasteiger partial charge >= 0.3 is 0 Å². The lowest BCUT2D eigenvalue weighted by atomic mass is 9.91. The summed E-state index contributed by atoms with van der Waals surface area (Å²) in [5, 5.41) is 0. The average molecular weight is 406 g/mol. The van der Waals surface area contributed by atoms with E-state index in [1.54, 1.807) is 0 Å². The second kappa shape index (κ2) is 17.4. The zero-order chi connectivity index (χ0) is 22.1. The Kier molecular flexibility index (Phi) is 16.5. The molecule has 3 heteroatoms. The predicted molar refractivity (Wildman–Crippen MR) is 128 cm³/mol. The first-order valence-corrected chi connectivity index (χ1v) is 11.9. The van der Waals surface area contributed by atoms with Gasteiger partial charge in [0.05, 0.1) is 0 Å². The van der Waals surface area contributed by atoms with Crippen molar-refractivity contribution >= 4 is 5.76 Å². The van der Waals surface area contributed by atoms with Gasteiger partial charge in [-0.15, -0.1) is 0 Å². The number of ether oxygens (including phenoxy) is 2. The molecule has 0 aliphatic carbocycles. The Morgan fingerprint density at radius 2 is 1.41 bits per heavy atom. The van der Waals surface area contributed by atoms with E-state index in [2.05, 4.69) is 77.0 Å². The van der Waals surface area contributed by atoms with Crippen LogP contribution < -0.4 is 0 Å².